The second-order valence-corrected chi connectivity index (χ2v) is 6.72. The van der Waals surface area contributed by atoms with Gasteiger partial charge in [-0.05, 0) is 35.4 Å². The van der Waals surface area contributed by atoms with Crippen LogP contribution in [0.5, 0.6) is 23.0 Å². The van der Waals surface area contributed by atoms with E-state index in [-0.39, 0.29) is 23.3 Å². The summed E-state index contributed by atoms with van der Waals surface area (Å²) in [5, 5.41) is 21.3. The van der Waals surface area contributed by atoms with Crippen molar-refractivity contribution in [2.45, 2.75) is 11.8 Å². The molecule has 3 aliphatic rings. The number of rotatable bonds is 2. The van der Waals surface area contributed by atoms with Crippen LogP contribution in [0.2, 0.25) is 0 Å². The lowest BCUT2D eigenvalue weighted by Crippen LogP contribution is -2.28. The maximum absolute atomic E-state index is 10.7. The van der Waals surface area contributed by atoms with Crippen molar-refractivity contribution in [1.29, 1.82) is 0 Å². The lowest BCUT2D eigenvalue weighted by Gasteiger charge is -2.43. The van der Waals surface area contributed by atoms with E-state index >= 15 is 0 Å². The summed E-state index contributed by atoms with van der Waals surface area (Å²) in [6.07, 6.45) is 0. The maximum Gasteiger partial charge on any atom is 0.123 e. The summed E-state index contributed by atoms with van der Waals surface area (Å²) in [5.74, 6) is 1.49. The van der Waals surface area contributed by atoms with E-state index in [1.165, 1.54) is 0 Å². The maximum atomic E-state index is 10.7. The van der Waals surface area contributed by atoms with Crippen molar-refractivity contribution in [3.63, 3.8) is 0 Å². The summed E-state index contributed by atoms with van der Waals surface area (Å²) < 4.78 is 11.3. The zero-order chi connectivity index (χ0) is 18.0. The van der Waals surface area contributed by atoms with Gasteiger partial charge < -0.3 is 19.7 Å². The molecular formula is C22H18O4. The number of hydrogen-bond acceptors (Lipinski definition) is 4. The molecule has 0 radical (unpaired) electrons. The molecule has 2 unspecified atom stereocenters. The Labute approximate surface area is 151 Å². The lowest BCUT2D eigenvalue weighted by atomic mass is 9.60. The molecule has 3 aromatic carbocycles. The molecule has 0 saturated heterocycles. The Morgan fingerprint density at radius 2 is 1.04 bits per heavy atom. The van der Waals surface area contributed by atoms with E-state index in [1.807, 2.05) is 24.3 Å². The van der Waals surface area contributed by atoms with E-state index in [0.717, 1.165) is 44.9 Å². The van der Waals surface area contributed by atoms with E-state index in [1.54, 1.807) is 26.4 Å². The van der Waals surface area contributed by atoms with Gasteiger partial charge in [-0.3, -0.25) is 0 Å². The Hall–Kier alpha value is -3.14. The molecule has 6 rings (SSSR count). The van der Waals surface area contributed by atoms with E-state index in [0.29, 0.717) is 0 Å². The Morgan fingerprint density at radius 3 is 1.42 bits per heavy atom. The molecule has 130 valence electrons. The van der Waals surface area contributed by atoms with Gasteiger partial charge in [0.05, 0.1) is 14.2 Å². The molecule has 0 spiro atoms. The smallest absolute Gasteiger partial charge is 0.123 e. The van der Waals surface area contributed by atoms with E-state index in [2.05, 4.69) is 12.1 Å². The molecule has 0 heterocycles. The molecule has 0 aromatic heterocycles. The third kappa shape index (κ3) is 1.69. The summed E-state index contributed by atoms with van der Waals surface area (Å²) in [7, 11) is 3.30. The van der Waals surface area contributed by atoms with Crippen LogP contribution in [-0.4, -0.2) is 24.4 Å². The van der Waals surface area contributed by atoms with Gasteiger partial charge in [0, 0.05) is 34.1 Å². The van der Waals surface area contributed by atoms with Gasteiger partial charge in [0.2, 0.25) is 0 Å². The van der Waals surface area contributed by atoms with Crippen molar-refractivity contribution in [2.24, 2.45) is 0 Å². The molecule has 0 aliphatic heterocycles. The first-order valence-electron chi connectivity index (χ1n) is 8.55. The molecule has 2 bridgehead atoms. The molecule has 2 atom stereocenters. The van der Waals surface area contributed by atoms with Gasteiger partial charge in [-0.2, -0.15) is 0 Å². The minimum absolute atomic E-state index is 0.192. The first-order chi connectivity index (χ1) is 12.7. The minimum atomic E-state index is -0.210. The van der Waals surface area contributed by atoms with Crippen LogP contribution in [0, 0.1) is 0 Å². The van der Waals surface area contributed by atoms with E-state index in [9.17, 15) is 10.2 Å². The fourth-order valence-electron chi connectivity index (χ4n) is 4.72. The Balaban J connectivity index is 1.97. The Morgan fingerprint density at radius 1 is 0.615 bits per heavy atom. The van der Waals surface area contributed by atoms with Gasteiger partial charge in [-0.1, -0.05) is 24.3 Å². The first kappa shape index (κ1) is 15.1. The zero-order valence-corrected chi connectivity index (χ0v) is 14.5. The summed E-state index contributed by atoms with van der Waals surface area (Å²) in [6, 6.07) is 15.1. The molecule has 4 nitrogen and oxygen atoms in total. The van der Waals surface area contributed by atoms with Crippen LogP contribution in [0.1, 0.15) is 45.2 Å². The van der Waals surface area contributed by atoms with Crippen molar-refractivity contribution in [2.75, 3.05) is 14.2 Å². The van der Waals surface area contributed by atoms with Gasteiger partial charge in [-0.15, -0.1) is 0 Å². The summed E-state index contributed by atoms with van der Waals surface area (Å²) in [5.41, 5.74) is 5.78. The first-order valence-corrected chi connectivity index (χ1v) is 8.55. The molecule has 4 heteroatoms. The van der Waals surface area contributed by atoms with Crippen LogP contribution in [0.15, 0.2) is 48.5 Å². The third-order valence-corrected chi connectivity index (χ3v) is 5.66. The molecule has 3 aliphatic carbocycles. The van der Waals surface area contributed by atoms with Crippen molar-refractivity contribution < 1.29 is 19.7 Å². The Bertz CT molecular complexity index is 971. The number of phenols is 2. The largest absolute Gasteiger partial charge is 0.508 e. The zero-order valence-electron chi connectivity index (χ0n) is 14.5. The van der Waals surface area contributed by atoms with Crippen LogP contribution in [0.4, 0.5) is 0 Å². The van der Waals surface area contributed by atoms with Crippen molar-refractivity contribution in [3.05, 3.63) is 81.9 Å². The normalized spacial score (nSPS) is 18.7. The molecule has 0 amide bonds. The summed E-state index contributed by atoms with van der Waals surface area (Å²) in [6.45, 7) is 0. The predicted octanol–water partition coefficient (Wildman–Crippen LogP) is 4.10. The average molecular weight is 346 g/mol. The lowest BCUT2D eigenvalue weighted by molar-refractivity contribution is 0.386. The summed E-state index contributed by atoms with van der Waals surface area (Å²) >= 11 is 0. The van der Waals surface area contributed by atoms with Crippen LogP contribution >= 0.6 is 0 Å². The summed E-state index contributed by atoms with van der Waals surface area (Å²) in [4.78, 5) is 0. The second kappa shape index (κ2) is 5.18. The standard InChI is InChI=1S/C22H18O4/c1-25-15-9-10-16(26-2)22-18-12-6-4-3-5-11(12)17(21(15)22)19-13(23)7-8-14(24)20(18)19/h3-10,17-18,23-24H,1-2H3. The third-order valence-electron chi connectivity index (χ3n) is 5.66. The molecule has 2 N–H and O–H groups in total. The van der Waals surface area contributed by atoms with Crippen LogP contribution in [0.25, 0.3) is 0 Å². The van der Waals surface area contributed by atoms with E-state index < -0.39 is 0 Å². The number of hydrogen-bond donors (Lipinski definition) is 2. The van der Waals surface area contributed by atoms with Crippen molar-refractivity contribution in [3.8, 4) is 23.0 Å². The molecule has 3 aromatic rings. The van der Waals surface area contributed by atoms with Gasteiger partial charge in [0.25, 0.3) is 0 Å². The SMILES string of the molecule is COc1ccc(OC)c2c1C1c3ccccc3C2c2c(O)ccc(O)c21. The molecule has 0 saturated carbocycles. The predicted molar refractivity (Wildman–Crippen MR) is 97.6 cm³/mol. The number of phenolic OH excluding ortho intramolecular Hbond substituents is 2. The Kier molecular flexibility index (Phi) is 3.02. The van der Waals surface area contributed by atoms with Gasteiger partial charge in [0.1, 0.15) is 23.0 Å². The van der Waals surface area contributed by atoms with Crippen molar-refractivity contribution >= 4 is 0 Å². The van der Waals surface area contributed by atoms with Gasteiger partial charge >= 0.3 is 0 Å². The highest BCUT2D eigenvalue weighted by Crippen LogP contribution is 2.63. The van der Waals surface area contributed by atoms with Crippen LogP contribution in [0.3, 0.4) is 0 Å². The minimum Gasteiger partial charge on any atom is -0.508 e. The fourth-order valence-corrected chi connectivity index (χ4v) is 4.72. The molecule has 0 fully saturated rings. The highest BCUT2D eigenvalue weighted by molar-refractivity contribution is 5.76. The average Bonchev–Trinajstić information content (AvgIpc) is 2.69. The van der Waals surface area contributed by atoms with Crippen LogP contribution < -0.4 is 9.47 Å². The highest BCUT2D eigenvalue weighted by Gasteiger charge is 2.47. The topological polar surface area (TPSA) is 58.9 Å². The second-order valence-electron chi connectivity index (χ2n) is 6.72. The van der Waals surface area contributed by atoms with E-state index in [4.69, 9.17) is 9.47 Å². The quantitative estimate of drug-likeness (QED) is 0.473. The number of methoxy groups -OCH3 is 2. The van der Waals surface area contributed by atoms with Gasteiger partial charge in [0.15, 0.2) is 0 Å². The highest BCUT2D eigenvalue weighted by atomic mass is 16.5. The molecule has 26 heavy (non-hydrogen) atoms. The number of aromatic hydroxyl groups is 2. The van der Waals surface area contributed by atoms with Gasteiger partial charge in [-0.25, -0.2) is 0 Å². The number of benzene rings is 3. The monoisotopic (exact) mass is 346 g/mol. The molecular weight excluding hydrogens is 328 g/mol. The number of ether oxygens (including phenoxy) is 2. The van der Waals surface area contributed by atoms with Crippen molar-refractivity contribution in [1.82, 2.24) is 0 Å². The fraction of sp³-hybridized carbons (Fsp3) is 0.182. The van der Waals surface area contributed by atoms with Crippen LogP contribution in [-0.2, 0) is 0 Å².